The molecular weight excluding hydrogens is 437 g/mol. The Morgan fingerprint density at radius 2 is 1.61 bits per heavy atom. The molecule has 1 N–H and O–H groups in total. The van der Waals surface area contributed by atoms with E-state index in [4.69, 9.17) is 5.26 Å². The zero-order valence-electron chi connectivity index (χ0n) is 16.8. The second-order valence-electron chi connectivity index (χ2n) is 6.78. The first-order valence-corrected chi connectivity index (χ1v) is 9.44. The van der Waals surface area contributed by atoms with Crippen LogP contribution in [0, 0.1) is 16.2 Å². The number of nitriles is 1. The van der Waals surface area contributed by atoms with Crippen LogP contribution in [0.15, 0.2) is 78.0 Å². The van der Waals surface area contributed by atoms with Gasteiger partial charge in [-0.2, -0.15) is 18.4 Å². The number of hydrogen-bond acceptors (Lipinski definition) is 6. The highest BCUT2D eigenvalue weighted by atomic mass is 19.4. The maximum absolute atomic E-state index is 13.1. The van der Waals surface area contributed by atoms with Crippen molar-refractivity contribution in [3.8, 4) is 6.07 Å². The van der Waals surface area contributed by atoms with Crippen molar-refractivity contribution in [2.75, 3.05) is 16.8 Å². The minimum absolute atomic E-state index is 0.178. The van der Waals surface area contributed by atoms with Gasteiger partial charge in [-0.3, -0.25) is 9.59 Å². The van der Waals surface area contributed by atoms with Crippen LogP contribution in [0.3, 0.4) is 0 Å². The van der Waals surface area contributed by atoms with Crippen LogP contribution in [-0.4, -0.2) is 18.2 Å². The van der Waals surface area contributed by atoms with Gasteiger partial charge in [-0.25, -0.2) is 0 Å². The molecule has 0 heterocycles. The molecule has 0 aromatic heterocycles. The van der Waals surface area contributed by atoms with Gasteiger partial charge in [-0.15, -0.1) is 4.91 Å². The van der Waals surface area contributed by atoms with Crippen molar-refractivity contribution in [2.45, 2.75) is 6.18 Å². The fraction of sp³-hybridized carbons (Fsp3) is 0.0870. The molecule has 0 aliphatic heterocycles. The SMILES string of the molecule is N#Cc1ccc(NC(=O)C(=O)CN(c2ccccc2)c2ccc(N=O)cc2)cc1C(F)(F)F. The summed E-state index contributed by atoms with van der Waals surface area (Å²) in [6.07, 6.45) is -4.80. The first kappa shape index (κ1) is 23.1. The smallest absolute Gasteiger partial charge is 0.333 e. The van der Waals surface area contributed by atoms with E-state index in [-0.39, 0.29) is 11.4 Å². The van der Waals surface area contributed by atoms with Gasteiger partial charge in [0.1, 0.15) is 5.69 Å². The predicted molar refractivity (Wildman–Crippen MR) is 115 cm³/mol. The summed E-state index contributed by atoms with van der Waals surface area (Å²) in [6, 6.07) is 18.7. The Kier molecular flexibility index (Phi) is 6.83. The monoisotopic (exact) mass is 452 g/mol. The summed E-state index contributed by atoms with van der Waals surface area (Å²) in [5.41, 5.74) is -0.847. The number of ketones is 1. The van der Waals surface area contributed by atoms with Gasteiger partial charge in [0.05, 0.1) is 23.7 Å². The number of anilines is 3. The topological polar surface area (TPSA) is 103 Å². The fourth-order valence-corrected chi connectivity index (χ4v) is 3.00. The number of amides is 1. The number of Topliss-reactive ketones (excluding diaryl/α,β-unsaturated/α-hetero) is 1. The van der Waals surface area contributed by atoms with Crippen LogP contribution in [0.1, 0.15) is 11.1 Å². The van der Waals surface area contributed by atoms with E-state index in [9.17, 15) is 27.7 Å². The van der Waals surface area contributed by atoms with Crippen LogP contribution in [0.25, 0.3) is 0 Å². The Morgan fingerprint density at radius 1 is 0.970 bits per heavy atom. The standard InChI is InChI=1S/C23H15F3N4O3/c24-23(25,26)20-12-17(7-6-15(20)13-27)28-22(32)21(31)14-30(18-4-2-1-3-5-18)19-10-8-16(29-33)9-11-19/h1-12H,14H2,(H,28,32). The summed E-state index contributed by atoms with van der Waals surface area (Å²) in [5, 5.41) is 13.8. The van der Waals surface area contributed by atoms with Crippen molar-refractivity contribution >= 4 is 34.4 Å². The van der Waals surface area contributed by atoms with Crippen LogP contribution in [0.2, 0.25) is 0 Å². The lowest BCUT2D eigenvalue weighted by Crippen LogP contribution is -2.33. The molecule has 1 amide bonds. The Morgan fingerprint density at radius 3 is 2.18 bits per heavy atom. The Bertz CT molecular complexity index is 1220. The molecule has 0 atom stereocenters. The number of halogens is 3. The number of nitrogens with zero attached hydrogens (tertiary/aromatic N) is 3. The molecule has 0 unspecified atom stereocenters. The minimum atomic E-state index is -4.80. The van der Waals surface area contributed by atoms with Gasteiger partial charge in [-0.1, -0.05) is 18.2 Å². The number of nitroso groups, excluding NO2 is 1. The Labute approximate surface area is 186 Å². The molecule has 166 valence electrons. The third-order valence-corrected chi connectivity index (χ3v) is 4.59. The first-order valence-electron chi connectivity index (χ1n) is 9.44. The molecule has 0 saturated carbocycles. The normalized spacial score (nSPS) is 10.7. The van der Waals surface area contributed by atoms with Gasteiger partial charge in [0.2, 0.25) is 5.78 Å². The number of nitrogens with one attached hydrogen (secondary N) is 1. The van der Waals surface area contributed by atoms with Gasteiger partial charge in [0, 0.05) is 17.1 Å². The van der Waals surface area contributed by atoms with Crippen molar-refractivity contribution in [3.05, 3.63) is 88.8 Å². The predicted octanol–water partition coefficient (Wildman–Crippen LogP) is 5.32. The molecular formula is C23H15F3N4O3. The minimum Gasteiger partial charge on any atom is -0.333 e. The van der Waals surface area contributed by atoms with E-state index < -0.39 is 35.5 Å². The summed E-state index contributed by atoms with van der Waals surface area (Å²) < 4.78 is 39.4. The molecule has 33 heavy (non-hydrogen) atoms. The van der Waals surface area contributed by atoms with E-state index in [2.05, 4.69) is 10.5 Å². The lowest BCUT2D eigenvalue weighted by atomic mass is 10.1. The van der Waals surface area contributed by atoms with E-state index in [0.717, 1.165) is 12.1 Å². The third kappa shape index (κ3) is 5.59. The van der Waals surface area contributed by atoms with Crippen molar-refractivity contribution in [3.63, 3.8) is 0 Å². The summed E-state index contributed by atoms with van der Waals surface area (Å²) in [5.74, 6) is -2.05. The summed E-state index contributed by atoms with van der Waals surface area (Å²) in [4.78, 5) is 37.2. The van der Waals surface area contributed by atoms with Gasteiger partial charge in [-0.05, 0) is 59.8 Å². The van der Waals surface area contributed by atoms with Crippen molar-refractivity contribution in [2.24, 2.45) is 5.18 Å². The lowest BCUT2D eigenvalue weighted by Gasteiger charge is -2.24. The van der Waals surface area contributed by atoms with Gasteiger partial charge in [0.15, 0.2) is 0 Å². The largest absolute Gasteiger partial charge is 0.417 e. The molecule has 10 heteroatoms. The summed E-state index contributed by atoms with van der Waals surface area (Å²) >= 11 is 0. The van der Waals surface area contributed by atoms with Crippen molar-refractivity contribution < 1.29 is 22.8 Å². The first-order chi connectivity index (χ1) is 15.7. The molecule has 0 spiro atoms. The maximum Gasteiger partial charge on any atom is 0.417 e. The molecule has 0 aliphatic carbocycles. The van der Waals surface area contributed by atoms with Crippen LogP contribution < -0.4 is 10.2 Å². The second-order valence-corrected chi connectivity index (χ2v) is 6.78. The van der Waals surface area contributed by atoms with Crippen LogP contribution in [0.4, 0.5) is 35.9 Å². The summed E-state index contributed by atoms with van der Waals surface area (Å²) in [7, 11) is 0. The van der Waals surface area contributed by atoms with Crippen LogP contribution in [-0.2, 0) is 15.8 Å². The maximum atomic E-state index is 13.1. The molecule has 0 bridgehead atoms. The lowest BCUT2D eigenvalue weighted by molar-refractivity contribution is -0.137. The molecule has 3 aromatic rings. The Balaban J connectivity index is 1.83. The molecule has 0 radical (unpaired) electrons. The molecule has 0 aliphatic rings. The highest BCUT2D eigenvalue weighted by molar-refractivity contribution is 6.42. The number of hydrogen-bond donors (Lipinski definition) is 1. The average Bonchev–Trinajstić information content (AvgIpc) is 2.82. The number of benzene rings is 3. The average molecular weight is 452 g/mol. The zero-order chi connectivity index (χ0) is 24.0. The zero-order valence-corrected chi connectivity index (χ0v) is 16.8. The third-order valence-electron chi connectivity index (χ3n) is 4.59. The van der Waals surface area contributed by atoms with Crippen molar-refractivity contribution in [1.82, 2.24) is 0 Å². The second kappa shape index (κ2) is 9.74. The Hall–Kier alpha value is -4.52. The molecule has 3 rings (SSSR count). The number of para-hydroxylation sites is 1. The van der Waals surface area contributed by atoms with Gasteiger partial charge in [0.25, 0.3) is 5.91 Å². The van der Waals surface area contributed by atoms with Gasteiger partial charge >= 0.3 is 6.18 Å². The van der Waals surface area contributed by atoms with Crippen molar-refractivity contribution in [1.29, 1.82) is 5.26 Å². The summed E-state index contributed by atoms with van der Waals surface area (Å²) in [6.45, 7) is -0.424. The molecule has 0 fully saturated rings. The van der Waals surface area contributed by atoms with E-state index >= 15 is 0 Å². The van der Waals surface area contributed by atoms with E-state index in [1.807, 2.05) is 0 Å². The molecule has 0 saturated heterocycles. The fourth-order valence-electron chi connectivity index (χ4n) is 3.00. The quantitative estimate of drug-likeness (QED) is 0.386. The number of carbonyl (C=O) groups excluding carboxylic acids is 2. The number of carbonyl (C=O) groups is 2. The van der Waals surface area contributed by atoms with E-state index in [1.54, 1.807) is 42.5 Å². The molecule has 3 aromatic carbocycles. The van der Waals surface area contributed by atoms with Crippen LogP contribution in [0.5, 0.6) is 0 Å². The van der Waals surface area contributed by atoms with E-state index in [0.29, 0.717) is 17.4 Å². The van der Waals surface area contributed by atoms with Crippen LogP contribution >= 0.6 is 0 Å². The van der Waals surface area contributed by atoms with Gasteiger partial charge < -0.3 is 10.2 Å². The molecule has 7 nitrogen and oxygen atoms in total. The number of alkyl halides is 3. The van der Waals surface area contributed by atoms with E-state index in [1.165, 1.54) is 23.1 Å². The highest BCUT2D eigenvalue weighted by Crippen LogP contribution is 2.33. The number of rotatable bonds is 7. The highest BCUT2D eigenvalue weighted by Gasteiger charge is 2.34.